The summed E-state index contributed by atoms with van der Waals surface area (Å²) in [6.07, 6.45) is 8.52. The van der Waals surface area contributed by atoms with Crippen molar-refractivity contribution in [2.24, 2.45) is 0 Å². The van der Waals surface area contributed by atoms with Crippen LogP contribution in [0.3, 0.4) is 0 Å². The molecular weight excluding hydrogens is 765 g/mol. The summed E-state index contributed by atoms with van der Waals surface area (Å²) in [5.74, 6) is 0. The van der Waals surface area contributed by atoms with Crippen molar-refractivity contribution in [1.29, 1.82) is 0 Å². The van der Waals surface area contributed by atoms with E-state index >= 15 is 0 Å². The number of pyridine rings is 2. The highest BCUT2D eigenvalue weighted by Crippen LogP contribution is 2.41. The molecule has 0 aliphatic carbocycles. The number of allylic oxidation sites excluding steroid dienone is 4. The monoisotopic (exact) mass is 806 g/mol. The van der Waals surface area contributed by atoms with Crippen molar-refractivity contribution in [2.45, 2.75) is 0 Å². The van der Waals surface area contributed by atoms with Gasteiger partial charge in [0.25, 0.3) is 0 Å². The fourth-order valence-corrected chi connectivity index (χ4v) is 8.83. The van der Waals surface area contributed by atoms with Crippen molar-refractivity contribution in [2.75, 3.05) is 11.4 Å². The summed E-state index contributed by atoms with van der Waals surface area (Å²) < 4.78 is 2.39. The first-order chi connectivity index (χ1) is 31.1. The summed E-state index contributed by atoms with van der Waals surface area (Å²) in [6, 6.07) is 73.0. The Hall–Kier alpha value is -8.34. The third-order valence-corrected chi connectivity index (χ3v) is 11.9. The lowest BCUT2D eigenvalue weighted by atomic mass is 9.96. The van der Waals surface area contributed by atoms with Gasteiger partial charge in [0.2, 0.25) is 0 Å². The van der Waals surface area contributed by atoms with Gasteiger partial charge in [0.15, 0.2) is 0 Å². The molecular formula is C59H42N4. The van der Waals surface area contributed by atoms with Crippen LogP contribution in [0.1, 0.15) is 5.56 Å². The molecule has 3 aromatic heterocycles. The molecule has 0 amide bonds. The molecule has 4 heteroatoms. The standard InChI is InChI=1S/C59H42N4/c1-41-19-7-6-18-34-62(48-37-53(42-20-8-2-9-21-42)60-54(38-48)43-22-10-3-11-23-43)57-32-30-46(35-51(41)57)47-31-33-59-52(36-47)50-28-16-17-29-58(50)63(59)49-39-55(44-24-12-4-13-25-44)61-56(40-49)45-26-14-5-15-27-45/h2-33,35-40H,1,34H2/b18-6-,19-7-. The van der Waals surface area contributed by atoms with Crippen molar-refractivity contribution in [3.05, 3.63) is 243 Å². The summed E-state index contributed by atoms with van der Waals surface area (Å²) in [5, 5.41) is 2.39. The van der Waals surface area contributed by atoms with Crippen LogP contribution in [0.15, 0.2) is 237 Å². The van der Waals surface area contributed by atoms with Crippen LogP contribution in [-0.4, -0.2) is 21.1 Å². The largest absolute Gasteiger partial charge is 0.337 e. The molecule has 1 aliphatic rings. The van der Waals surface area contributed by atoms with Gasteiger partial charge in [-0.05, 0) is 71.3 Å². The molecule has 7 aromatic carbocycles. The Kier molecular flexibility index (Phi) is 9.72. The van der Waals surface area contributed by atoms with Gasteiger partial charge in [-0.25, -0.2) is 9.97 Å². The van der Waals surface area contributed by atoms with Crippen molar-refractivity contribution < 1.29 is 0 Å². The van der Waals surface area contributed by atoms with Crippen LogP contribution in [0.2, 0.25) is 0 Å². The third-order valence-electron chi connectivity index (χ3n) is 11.9. The van der Waals surface area contributed by atoms with Crippen molar-refractivity contribution in [3.63, 3.8) is 0 Å². The first kappa shape index (κ1) is 37.6. The number of hydrogen-bond donors (Lipinski definition) is 0. The number of aromatic nitrogens is 3. The molecule has 10 aromatic rings. The normalized spacial score (nSPS) is 13.6. The van der Waals surface area contributed by atoms with E-state index in [1.807, 2.05) is 24.3 Å². The van der Waals surface area contributed by atoms with Gasteiger partial charge in [-0.1, -0.05) is 183 Å². The Morgan fingerprint density at radius 3 is 1.44 bits per heavy atom. The lowest BCUT2D eigenvalue weighted by molar-refractivity contribution is 1.09. The SMILES string of the molecule is C=C1/C=C\C=C/CN(c2cc(-c3ccccc3)nc(-c3ccccc3)c2)c2ccc(-c3ccc4c(c3)c3ccccc3n4-c3cc(-c4ccccc4)nc(-c4ccccc4)c3)cc21. The number of nitrogens with zero attached hydrogens (tertiary/aromatic N) is 4. The average molecular weight is 807 g/mol. The molecule has 0 radical (unpaired) electrons. The van der Waals surface area contributed by atoms with E-state index < -0.39 is 0 Å². The van der Waals surface area contributed by atoms with Crippen LogP contribution < -0.4 is 4.90 Å². The zero-order valence-electron chi connectivity index (χ0n) is 34.6. The fraction of sp³-hybridized carbons (Fsp3) is 0.0169. The minimum atomic E-state index is 0.675. The minimum absolute atomic E-state index is 0.675. The van der Waals surface area contributed by atoms with E-state index in [0.717, 1.165) is 95.4 Å². The fourth-order valence-electron chi connectivity index (χ4n) is 8.83. The first-order valence-corrected chi connectivity index (χ1v) is 21.4. The maximum atomic E-state index is 5.18. The molecule has 0 atom stereocenters. The van der Waals surface area contributed by atoms with E-state index in [4.69, 9.17) is 9.97 Å². The molecule has 0 unspecified atom stereocenters. The molecule has 0 saturated carbocycles. The maximum absolute atomic E-state index is 5.18. The van der Waals surface area contributed by atoms with Gasteiger partial charge in [-0.2, -0.15) is 0 Å². The van der Waals surface area contributed by atoms with Crippen LogP contribution >= 0.6 is 0 Å². The lowest BCUT2D eigenvalue weighted by Gasteiger charge is -2.28. The van der Waals surface area contributed by atoms with Gasteiger partial charge < -0.3 is 9.47 Å². The van der Waals surface area contributed by atoms with E-state index in [2.05, 4.69) is 222 Å². The summed E-state index contributed by atoms with van der Waals surface area (Å²) in [6.45, 7) is 5.29. The number of anilines is 2. The highest BCUT2D eigenvalue weighted by atomic mass is 15.1. The van der Waals surface area contributed by atoms with E-state index in [1.54, 1.807) is 0 Å². The van der Waals surface area contributed by atoms with Crippen molar-refractivity contribution >= 4 is 38.8 Å². The molecule has 0 spiro atoms. The van der Waals surface area contributed by atoms with E-state index in [1.165, 1.54) is 10.8 Å². The maximum Gasteiger partial charge on any atom is 0.0730 e. The molecule has 0 saturated heterocycles. The van der Waals surface area contributed by atoms with Gasteiger partial charge in [0.1, 0.15) is 0 Å². The van der Waals surface area contributed by atoms with Crippen LogP contribution in [0, 0.1) is 0 Å². The summed E-state index contributed by atoms with van der Waals surface area (Å²) >= 11 is 0. The number of fused-ring (bicyclic) bond motifs is 4. The Balaban J connectivity index is 1.05. The number of benzene rings is 7. The van der Waals surface area contributed by atoms with Crippen molar-refractivity contribution in [3.8, 4) is 61.8 Å². The number of rotatable bonds is 7. The second-order valence-electron chi connectivity index (χ2n) is 15.9. The number of hydrogen-bond acceptors (Lipinski definition) is 3. The van der Waals surface area contributed by atoms with Crippen LogP contribution in [0.4, 0.5) is 11.4 Å². The Morgan fingerprint density at radius 2 is 0.873 bits per heavy atom. The summed E-state index contributed by atoms with van der Waals surface area (Å²) in [4.78, 5) is 12.7. The van der Waals surface area contributed by atoms with Gasteiger partial charge in [-0.3, -0.25) is 0 Å². The smallest absolute Gasteiger partial charge is 0.0730 e. The van der Waals surface area contributed by atoms with Gasteiger partial charge in [0, 0.05) is 56.5 Å². The van der Waals surface area contributed by atoms with Crippen LogP contribution in [0.5, 0.6) is 0 Å². The molecule has 0 N–H and O–H groups in total. The van der Waals surface area contributed by atoms with E-state index in [-0.39, 0.29) is 0 Å². The van der Waals surface area contributed by atoms with Gasteiger partial charge in [-0.15, -0.1) is 0 Å². The summed E-state index contributed by atoms with van der Waals surface area (Å²) in [7, 11) is 0. The topological polar surface area (TPSA) is 34.0 Å². The van der Waals surface area contributed by atoms with Crippen molar-refractivity contribution in [1.82, 2.24) is 14.5 Å². The molecule has 4 heterocycles. The molecule has 0 fully saturated rings. The molecule has 4 nitrogen and oxygen atoms in total. The predicted molar refractivity (Wildman–Crippen MR) is 264 cm³/mol. The second-order valence-corrected chi connectivity index (χ2v) is 15.9. The zero-order valence-corrected chi connectivity index (χ0v) is 34.6. The van der Waals surface area contributed by atoms with E-state index in [0.29, 0.717) is 6.54 Å². The van der Waals surface area contributed by atoms with E-state index in [9.17, 15) is 0 Å². The van der Waals surface area contributed by atoms with Gasteiger partial charge >= 0.3 is 0 Å². The zero-order chi connectivity index (χ0) is 42.1. The molecule has 0 bridgehead atoms. The average Bonchev–Trinajstić information content (AvgIpc) is 3.72. The Morgan fingerprint density at radius 1 is 0.397 bits per heavy atom. The highest BCUT2D eigenvalue weighted by Gasteiger charge is 2.20. The van der Waals surface area contributed by atoms with Crippen LogP contribution in [-0.2, 0) is 0 Å². The predicted octanol–water partition coefficient (Wildman–Crippen LogP) is 15.2. The van der Waals surface area contributed by atoms with Crippen LogP contribution in [0.25, 0.3) is 89.2 Å². The Labute approximate surface area is 367 Å². The second kappa shape index (κ2) is 16.3. The number of para-hydroxylation sites is 1. The highest BCUT2D eigenvalue weighted by molar-refractivity contribution is 6.10. The lowest BCUT2D eigenvalue weighted by Crippen LogP contribution is -2.18. The summed E-state index contributed by atoms with van der Waals surface area (Å²) in [5.41, 5.74) is 17.8. The Bertz CT molecular complexity index is 3250. The molecule has 11 rings (SSSR count). The quantitative estimate of drug-likeness (QED) is 0.161. The third kappa shape index (κ3) is 7.24. The molecule has 298 valence electrons. The minimum Gasteiger partial charge on any atom is -0.337 e. The molecule has 63 heavy (non-hydrogen) atoms. The van der Waals surface area contributed by atoms with Gasteiger partial charge in [0.05, 0.1) is 39.5 Å². The first-order valence-electron chi connectivity index (χ1n) is 21.4. The molecule has 1 aliphatic heterocycles.